The Balaban J connectivity index is 1.63. The fourth-order valence-electron chi connectivity index (χ4n) is 3.14. The van der Waals surface area contributed by atoms with Crippen molar-refractivity contribution in [2.24, 2.45) is 0 Å². The Morgan fingerprint density at radius 3 is 2.59 bits per heavy atom. The van der Waals surface area contributed by atoms with Crippen LogP contribution in [0, 0.1) is 12.7 Å². The molecule has 0 aliphatic heterocycles. The van der Waals surface area contributed by atoms with Gasteiger partial charge in [-0.2, -0.15) is 0 Å². The standard InChI is InChI=1S/C22H17FN2O3S/c1-14-19(16-7-9-17(23)10-8-16)20-21(29-14)24-13-25(22(20)27)11-18(26)28-12-15-5-3-2-4-6-15/h2-10,13H,11-12H2,1H3. The number of halogens is 1. The van der Waals surface area contributed by atoms with Gasteiger partial charge in [0.1, 0.15) is 23.8 Å². The normalized spacial score (nSPS) is 11.0. The van der Waals surface area contributed by atoms with Crippen LogP contribution in [-0.4, -0.2) is 15.5 Å². The van der Waals surface area contributed by atoms with Gasteiger partial charge in [-0.15, -0.1) is 11.3 Å². The molecule has 4 aromatic rings. The van der Waals surface area contributed by atoms with Crippen molar-refractivity contribution < 1.29 is 13.9 Å². The molecule has 0 saturated heterocycles. The monoisotopic (exact) mass is 408 g/mol. The van der Waals surface area contributed by atoms with Crippen LogP contribution >= 0.6 is 11.3 Å². The molecule has 2 aromatic carbocycles. The molecule has 29 heavy (non-hydrogen) atoms. The Hall–Kier alpha value is -3.32. The zero-order chi connectivity index (χ0) is 20.4. The smallest absolute Gasteiger partial charge is 0.326 e. The molecular weight excluding hydrogens is 391 g/mol. The first-order valence-electron chi connectivity index (χ1n) is 8.97. The molecule has 2 aromatic heterocycles. The molecule has 0 N–H and O–H groups in total. The minimum absolute atomic E-state index is 0.141. The highest BCUT2D eigenvalue weighted by atomic mass is 32.1. The molecule has 4 rings (SSSR count). The number of hydrogen-bond donors (Lipinski definition) is 0. The molecule has 5 nitrogen and oxygen atoms in total. The Labute approximate surface area is 170 Å². The number of fused-ring (bicyclic) bond motifs is 1. The quantitative estimate of drug-likeness (QED) is 0.462. The average Bonchev–Trinajstić information content (AvgIpc) is 3.07. The summed E-state index contributed by atoms with van der Waals surface area (Å²) in [4.78, 5) is 31.1. The van der Waals surface area contributed by atoms with Gasteiger partial charge in [0, 0.05) is 10.4 Å². The van der Waals surface area contributed by atoms with E-state index in [-0.39, 0.29) is 24.5 Å². The maximum atomic E-state index is 13.3. The molecule has 0 fully saturated rings. The summed E-state index contributed by atoms with van der Waals surface area (Å²) in [7, 11) is 0. The summed E-state index contributed by atoms with van der Waals surface area (Å²) in [6.45, 7) is 1.80. The average molecular weight is 408 g/mol. The van der Waals surface area contributed by atoms with Crippen LogP contribution < -0.4 is 5.56 Å². The van der Waals surface area contributed by atoms with Crippen molar-refractivity contribution in [3.8, 4) is 11.1 Å². The van der Waals surface area contributed by atoms with Crippen LogP contribution in [0.5, 0.6) is 0 Å². The van der Waals surface area contributed by atoms with E-state index >= 15 is 0 Å². The molecule has 0 aliphatic carbocycles. The molecule has 7 heteroatoms. The second-order valence-corrected chi connectivity index (χ2v) is 7.75. The number of hydrogen-bond acceptors (Lipinski definition) is 5. The fourth-order valence-corrected chi connectivity index (χ4v) is 4.14. The first-order chi connectivity index (χ1) is 14.0. The van der Waals surface area contributed by atoms with E-state index in [1.54, 1.807) is 12.1 Å². The number of carbonyl (C=O) groups is 1. The lowest BCUT2D eigenvalue weighted by atomic mass is 10.0. The van der Waals surface area contributed by atoms with E-state index in [2.05, 4.69) is 4.98 Å². The van der Waals surface area contributed by atoms with Crippen LogP contribution in [0.15, 0.2) is 65.7 Å². The van der Waals surface area contributed by atoms with E-state index in [4.69, 9.17) is 4.74 Å². The SMILES string of the molecule is Cc1sc2ncn(CC(=O)OCc3ccccc3)c(=O)c2c1-c1ccc(F)cc1. The highest BCUT2D eigenvalue weighted by molar-refractivity contribution is 7.19. The van der Waals surface area contributed by atoms with Gasteiger partial charge in [-0.1, -0.05) is 42.5 Å². The molecule has 146 valence electrons. The summed E-state index contributed by atoms with van der Waals surface area (Å²) in [5.74, 6) is -0.866. The number of thiophene rings is 1. The predicted octanol–water partition coefficient (Wildman–Crippen LogP) is 4.32. The number of ether oxygens (including phenoxy) is 1. The first-order valence-corrected chi connectivity index (χ1v) is 9.78. The molecule has 0 bridgehead atoms. The Morgan fingerprint density at radius 1 is 1.14 bits per heavy atom. The second-order valence-electron chi connectivity index (χ2n) is 6.54. The maximum absolute atomic E-state index is 13.3. The minimum atomic E-state index is -0.521. The Kier molecular flexibility index (Phi) is 5.22. The molecule has 0 aliphatic rings. The van der Waals surface area contributed by atoms with Crippen LogP contribution in [0.4, 0.5) is 4.39 Å². The molecule has 0 spiro atoms. The van der Waals surface area contributed by atoms with E-state index in [0.29, 0.717) is 10.2 Å². The number of aromatic nitrogens is 2. The summed E-state index contributed by atoms with van der Waals surface area (Å²) in [6, 6.07) is 15.3. The number of carbonyl (C=O) groups excluding carboxylic acids is 1. The number of rotatable bonds is 5. The third-order valence-corrected chi connectivity index (χ3v) is 5.54. The van der Waals surface area contributed by atoms with Crippen molar-refractivity contribution in [2.75, 3.05) is 0 Å². The van der Waals surface area contributed by atoms with Gasteiger partial charge in [-0.05, 0) is 30.2 Å². The van der Waals surface area contributed by atoms with Crippen LogP contribution in [0.3, 0.4) is 0 Å². The van der Waals surface area contributed by atoms with Crippen LogP contribution in [0.2, 0.25) is 0 Å². The number of nitrogens with zero attached hydrogens (tertiary/aromatic N) is 2. The largest absolute Gasteiger partial charge is 0.459 e. The lowest BCUT2D eigenvalue weighted by Crippen LogP contribution is -2.25. The highest BCUT2D eigenvalue weighted by Crippen LogP contribution is 2.35. The molecule has 0 radical (unpaired) electrons. The summed E-state index contributed by atoms with van der Waals surface area (Å²) < 4.78 is 19.8. The van der Waals surface area contributed by atoms with Crippen LogP contribution in [-0.2, 0) is 22.7 Å². The molecule has 0 unspecified atom stereocenters. The van der Waals surface area contributed by atoms with E-state index in [9.17, 15) is 14.0 Å². The summed E-state index contributed by atoms with van der Waals surface area (Å²) in [5, 5.41) is 0.428. The van der Waals surface area contributed by atoms with Crippen molar-refractivity contribution in [2.45, 2.75) is 20.1 Å². The lowest BCUT2D eigenvalue weighted by Gasteiger charge is -2.08. The fraction of sp³-hybridized carbons (Fsp3) is 0.136. The van der Waals surface area contributed by atoms with Gasteiger partial charge >= 0.3 is 5.97 Å². The zero-order valence-electron chi connectivity index (χ0n) is 15.6. The Morgan fingerprint density at radius 2 is 1.86 bits per heavy atom. The van der Waals surface area contributed by atoms with Gasteiger partial charge < -0.3 is 4.74 Å². The molecule has 0 atom stereocenters. The van der Waals surface area contributed by atoms with Crippen LogP contribution in [0.25, 0.3) is 21.3 Å². The van der Waals surface area contributed by atoms with Gasteiger partial charge in [0.25, 0.3) is 5.56 Å². The first kappa shape index (κ1) is 19.0. The van der Waals surface area contributed by atoms with Crippen molar-refractivity contribution >= 4 is 27.5 Å². The van der Waals surface area contributed by atoms with E-state index in [1.165, 1.54) is 34.4 Å². The van der Waals surface area contributed by atoms with E-state index < -0.39 is 5.97 Å². The van der Waals surface area contributed by atoms with Crippen molar-refractivity contribution in [1.29, 1.82) is 0 Å². The van der Waals surface area contributed by atoms with Gasteiger partial charge in [0.15, 0.2) is 0 Å². The number of aryl methyl sites for hydroxylation is 1. The third-order valence-electron chi connectivity index (χ3n) is 4.53. The highest BCUT2D eigenvalue weighted by Gasteiger charge is 2.18. The summed E-state index contributed by atoms with van der Waals surface area (Å²) >= 11 is 1.39. The van der Waals surface area contributed by atoms with Gasteiger partial charge in [0.2, 0.25) is 0 Å². The van der Waals surface area contributed by atoms with Crippen molar-refractivity contribution in [1.82, 2.24) is 9.55 Å². The third kappa shape index (κ3) is 3.95. The Bertz CT molecular complexity index is 1230. The maximum Gasteiger partial charge on any atom is 0.326 e. The van der Waals surface area contributed by atoms with Crippen LogP contribution in [0.1, 0.15) is 10.4 Å². The molecular formula is C22H17FN2O3S. The second kappa shape index (κ2) is 7.97. The van der Waals surface area contributed by atoms with E-state index in [1.807, 2.05) is 37.3 Å². The number of benzene rings is 2. The minimum Gasteiger partial charge on any atom is -0.459 e. The van der Waals surface area contributed by atoms with Crippen molar-refractivity contribution in [3.63, 3.8) is 0 Å². The molecule has 2 heterocycles. The number of esters is 1. The predicted molar refractivity (Wildman–Crippen MR) is 110 cm³/mol. The van der Waals surface area contributed by atoms with E-state index in [0.717, 1.165) is 21.6 Å². The van der Waals surface area contributed by atoms with Gasteiger partial charge in [-0.3, -0.25) is 14.2 Å². The lowest BCUT2D eigenvalue weighted by molar-refractivity contribution is -0.145. The van der Waals surface area contributed by atoms with Gasteiger partial charge in [0.05, 0.1) is 11.7 Å². The molecule has 0 amide bonds. The topological polar surface area (TPSA) is 61.2 Å². The summed E-state index contributed by atoms with van der Waals surface area (Å²) in [6.07, 6.45) is 1.36. The van der Waals surface area contributed by atoms with Crippen molar-refractivity contribution in [3.05, 3.63) is 87.5 Å². The summed E-state index contributed by atoms with van der Waals surface area (Å²) in [5.41, 5.74) is 2.00. The zero-order valence-corrected chi connectivity index (χ0v) is 16.4. The van der Waals surface area contributed by atoms with Gasteiger partial charge in [-0.25, -0.2) is 9.37 Å². The molecule has 0 saturated carbocycles.